The van der Waals surface area contributed by atoms with Crippen LogP contribution in [0.2, 0.25) is 0 Å². The van der Waals surface area contributed by atoms with E-state index < -0.39 is 0 Å². The summed E-state index contributed by atoms with van der Waals surface area (Å²) in [5.74, 6) is 0.163. The second-order valence-electron chi connectivity index (χ2n) is 6.27. The number of hydrogen-bond donors (Lipinski definition) is 1. The summed E-state index contributed by atoms with van der Waals surface area (Å²) >= 11 is 0. The average Bonchev–Trinajstić information content (AvgIpc) is 2.28. The number of amides is 1. The molecule has 2 heteroatoms. The number of benzene rings is 1. The Kier molecular flexibility index (Phi) is 4.94. The lowest BCUT2D eigenvalue weighted by molar-refractivity contribution is -0.125. The molecule has 0 bridgehead atoms. The smallest absolute Gasteiger partial charge is 0.222 e. The molecule has 1 aromatic rings. The fraction of sp³-hybridized carbons (Fsp3) is 0.562. The standard InChI is InChI=1S/C16H25NO/c1-12(2)15(18)17-14(16(3,4)5)11-13-9-7-6-8-10-13/h6-10,12,14H,11H2,1-5H3,(H,17,18)/t14-/m0/s1. The van der Waals surface area contributed by atoms with E-state index >= 15 is 0 Å². The third kappa shape index (κ3) is 4.52. The summed E-state index contributed by atoms with van der Waals surface area (Å²) in [6.07, 6.45) is 0.878. The van der Waals surface area contributed by atoms with Crippen LogP contribution in [0.25, 0.3) is 0 Å². The van der Waals surface area contributed by atoms with E-state index in [1.807, 2.05) is 32.0 Å². The van der Waals surface area contributed by atoms with Gasteiger partial charge in [-0.05, 0) is 17.4 Å². The summed E-state index contributed by atoms with van der Waals surface area (Å²) in [5, 5.41) is 3.17. The van der Waals surface area contributed by atoms with E-state index in [0.717, 1.165) is 6.42 Å². The number of hydrogen-bond acceptors (Lipinski definition) is 1. The Bertz CT molecular complexity index is 376. The minimum Gasteiger partial charge on any atom is -0.352 e. The second kappa shape index (κ2) is 6.03. The highest BCUT2D eigenvalue weighted by atomic mass is 16.1. The Hall–Kier alpha value is -1.31. The molecule has 1 N–H and O–H groups in total. The van der Waals surface area contributed by atoms with Gasteiger partial charge in [-0.1, -0.05) is 65.0 Å². The van der Waals surface area contributed by atoms with E-state index in [2.05, 4.69) is 38.2 Å². The van der Waals surface area contributed by atoms with E-state index in [1.54, 1.807) is 0 Å². The van der Waals surface area contributed by atoms with Crippen molar-refractivity contribution in [2.75, 3.05) is 0 Å². The molecule has 18 heavy (non-hydrogen) atoms. The van der Waals surface area contributed by atoms with Crippen LogP contribution >= 0.6 is 0 Å². The molecular weight excluding hydrogens is 222 g/mol. The fourth-order valence-corrected chi connectivity index (χ4v) is 1.76. The van der Waals surface area contributed by atoms with Crippen molar-refractivity contribution in [3.05, 3.63) is 35.9 Å². The van der Waals surface area contributed by atoms with Gasteiger partial charge in [0.25, 0.3) is 0 Å². The SMILES string of the molecule is CC(C)C(=O)N[C@@H](Cc1ccccc1)C(C)(C)C. The molecule has 0 radical (unpaired) electrons. The molecule has 0 aromatic heterocycles. The van der Waals surface area contributed by atoms with E-state index in [4.69, 9.17) is 0 Å². The summed E-state index contributed by atoms with van der Waals surface area (Å²) in [6.45, 7) is 10.4. The number of rotatable bonds is 4. The van der Waals surface area contributed by atoms with Crippen molar-refractivity contribution in [1.29, 1.82) is 0 Å². The molecule has 0 aliphatic heterocycles. The zero-order valence-electron chi connectivity index (χ0n) is 12.2. The van der Waals surface area contributed by atoms with Gasteiger partial charge in [-0.25, -0.2) is 0 Å². The Morgan fingerprint density at radius 1 is 1.17 bits per heavy atom. The van der Waals surface area contributed by atoms with Gasteiger partial charge in [0.15, 0.2) is 0 Å². The third-order valence-corrected chi connectivity index (χ3v) is 3.17. The van der Waals surface area contributed by atoms with Crippen LogP contribution in [0.15, 0.2) is 30.3 Å². The molecule has 0 aliphatic rings. The van der Waals surface area contributed by atoms with Crippen LogP contribution in [0.5, 0.6) is 0 Å². The quantitative estimate of drug-likeness (QED) is 0.868. The monoisotopic (exact) mass is 247 g/mol. The lowest BCUT2D eigenvalue weighted by atomic mass is 9.82. The topological polar surface area (TPSA) is 29.1 Å². The Morgan fingerprint density at radius 2 is 1.72 bits per heavy atom. The van der Waals surface area contributed by atoms with Crippen LogP contribution in [0, 0.1) is 11.3 Å². The molecule has 0 saturated heterocycles. The second-order valence-corrected chi connectivity index (χ2v) is 6.27. The van der Waals surface area contributed by atoms with Gasteiger partial charge in [0.1, 0.15) is 0 Å². The minimum absolute atomic E-state index is 0.0330. The van der Waals surface area contributed by atoms with Crippen molar-refractivity contribution >= 4 is 5.91 Å². The highest BCUT2D eigenvalue weighted by Crippen LogP contribution is 2.23. The first kappa shape index (κ1) is 14.7. The Morgan fingerprint density at radius 3 is 2.17 bits per heavy atom. The largest absolute Gasteiger partial charge is 0.352 e. The molecule has 1 atom stereocenters. The van der Waals surface area contributed by atoms with Gasteiger partial charge < -0.3 is 5.32 Å². The van der Waals surface area contributed by atoms with Gasteiger partial charge in [0.2, 0.25) is 5.91 Å². The van der Waals surface area contributed by atoms with Crippen LogP contribution in [-0.4, -0.2) is 11.9 Å². The van der Waals surface area contributed by atoms with Crippen molar-refractivity contribution in [2.24, 2.45) is 11.3 Å². The van der Waals surface area contributed by atoms with Gasteiger partial charge in [0, 0.05) is 12.0 Å². The molecule has 0 unspecified atom stereocenters. The maximum atomic E-state index is 11.9. The summed E-state index contributed by atoms with van der Waals surface area (Å²) in [5.41, 5.74) is 1.32. The zero-order chi connectivity index (χ0) is 13.8. The van der Waals surface area contributed by atoms with Crippen molar-refractivity contribution in [2.45, 2.75) is 47.1 Å². The molecule has 1 rings (SSSR count). The lowest BCUT2D eigenvalue weighted by Crippen LogP contribution is -2.46. The highest BCUT2D eigenvalue weighted by molar-refractivity contribution is 5.78. The molecule has 0 aliphatic carbocycles. The lowest BCUT2D eigenvalue weighted by Gasteiger charge is -2.32. The molecule has 0 saturated carbocycles. The number of nitrogens with one attached hydrogen (secondary N) is 1. The molecule has 0 heterocycles. The van der Waals surface area contributed by atoms with Crippen LogP contribution in [0.1, 0.15) is 40.2 Å². The van der Waals surface area contributed by atoms with E-state index in [-0.39, 0.29) is 23.3 Å². The fourth-order valence-electron chi connectivity index (χ4n) is 1.76. The molecule has 0 spiro atoms. The Balaban J connectivity index is 2.77. The summed E-state index contributed by atoms with van der Waals surface area (Å²) in [7, 11) is 0. The number of carbonyl (C=O) groups is 1. The molecule has 100 valence electrons. The normalized spacial score (nSPS) is 13.4. The average molecular weight is 247 g/mol. The van der Waals surface area contributed by atoms with Gasteiger partial charge in [-0.2, -0.15) is 0 Å². The Labute approximate surface area is 111 Å². The molecule has 0 fully saturated rings. The summed E-state index contributed by atoms with van der Waals surface area (Å²) < 4.78 is 0. The maximum Gasteiger partial charge on any atom is 0.222 e. The molecule has 2 nitrogen and oxygen atoms in total. The highest BCUT2D eigenvalue weighted by Gasteiger charge is 2.26. The first-order chi connectivity index (χ1) is 8.30. The summed E-state index contributed by atoms with van der Waals surface area (Å²) in [4.78, 5) is 11.9. The van der Waals surface area contributed by atoms with E-state index in [9.17, 15) is 4.79 Å². The van der Waals surface area contributed by atoms with Crippen LogP contribution < -0.4 is 5.32 Å². The van der Waals surface area contributed by atoms with Crippen LogP contribution in [0.4, 0.5) is 0 Å². The minimum atomic E-state index is 0.0330. The van der Waals surface area contributed by atoms with Gasteiger partial charge in [-0.15, -0.1) is 0 Å². The molecule has 1 amide bonds. The molecular formula is C16H25NO. The van der Waals surface area contributed by atoms with Crippen molar-refractivity contribution < 1.29 is 4.79 Å². The van der Waals surface area contributed by atoms with Crippen LogP contribution in [0.3, 0.4) is 0 Å². The predicted molar refractivity (Wildman–Crippen MR) is 76.4 cm³/mol. The van der Waals surface area contributed by atoms with E-state index in [1.165, 1.54) is 5.56 Å². The van der Waals surface area contributed by atoms with Gasteiger partial charge in [0.05, 0.1) is 0 Å². The number of carbonyl (C=O) groups excluding carboxylic acids is 1. The van der Waals surface area contributed by atoms with Gasteiger partial charge in [-0.3, -0.25) is 4.79 Å². The summed E-state index contributed by atoms with van der Waals surface area (Å²) in [6, 6.07) is 10.5. The van der Waals surface area contributed by atoms with Crippen molar-refractivity contribution in [3.63, 3.8) is 0 Å². The predicted octanol–water partition coefficient (Wildman–Crippen LogP) is 3.42. The first-order valence-corrected chi connectivity index (χ1v) is 6.65. The third-order valence-electron chi connectivity index (χ3n) is 3.17. The van der Waals surface area contributed by atoms with Crippen molar-refractivity contribution in [3.8, 4) is 0 Å². The van der Waals surface area contributed by atoms with Crippen LogP contribution in [-0.2, 0) is 11.2 Å². The van der Waals surface area contributed by atoms with Gasteiger partial charge >= 0.3 is 0 Å². The zero-order valence-corrected chi connectivity index (χ0v) is 12.2. The maximum absolute atomic E-state index is 11.9. The molecule has 1 aromatic carbocycles. The van der Waals surface area contributed by atoms with E-state index in [0.29, 0.717) is 0 Å². The van der Waals surface area contributed by atoms with Crippen molar-refractivity contribution in [1.82, 2.24) is 5.32 Å². The first-order valence-electron chi connectivity index (χ1n) is 6.65.